The summed E-state index contributed by atoms with van der Waals surface area (Å²) in [5.74, 6) is 0.0206. The van der Waals surface area contributed by atoms with E-state index in [0.29, 0.717) is 19.4 Å². The molecule has 2 rings (SSSR count). The van der Waals surface area contributed by atoms with Gasteiger partial charge in [0.25, 0.3) is 0 Å². The van der Waals surface area contributed by atoms with Crippen molar-refractivity contribution in [3.05, 3.63) is 12.7 Å². The fourth-order valence-electron chi connectivity index (χ4n) is 3.54. The minimum atomic E-state index is -0.728. The van der Waals surface area contributed by atoms with Gasteiger partial charge in [0, 0.05) is 12.3 Å². The first-order valence-electron chi connectivity index (χ1n) is 9.07. The van der Waals surface area contributed by atoms with Crippen molar-refractivity contribution in [3.8, 4) is 0 Å². The smallest absolute Gasteiger partial charge is 0.412 e. The second-order valence-electron chi connectivity index (χ2n) is 8.60. The van der Waals surface area contributed by atoms with Gasteiger partial charge in [0.1, 0.15) is 11.3 Å². The number of carbonyl (C=O) groups excluding carboxylic acids is 1. The Morgan fingerprint density at radius 3 is 2.60 bits per heavy atom. The highest BCUT2D eigenvalue weighted by atomic mass is 16.6. The SMILES string of the molecule is C=CC[C@@H]1O[C@H](C[C@H]2CN(C(=O)OC(C)(C)C)C(C)(C)O2)[C@H](C)[C@H]1O. The second-order valence-corrected chi connectivity index (χ2v) is 8.60. The van der Waals surface area contributed by atoms with Crippen LogP contribution >= 0.6 is 0 Å². The van der Waals surface area contributed by atoms with Gasteiger partial charge in [-0.2, -0.15) is 0 Å². The lowest BCUT2D eigenvalue weighted by atomic mass is 9.94. The van der Waals surface area contributed by atoms with Gasteiger partial charge < -0.3 is 19.3 Å². The van der Waals surface area contributed by atoms with Gasteiger partial charge in [-0.15, -0.1) is 6.58 Å². The van der Waals surface area contributed by atoms with E-state index in [-0.39, 0.29) is 30.3 Å². The first-order valence-corrected chi connectivity index (χ1v) is 9.07. The second kappa shape index (κ2) is 7.25. The molecule has 144 valence electrons. The molecule has 5 atom stereocenters. The minimum Gasteiger partial charge on any atom is -0.444 e. The highest BCUT2D eigenvalue weighted by molar-refractivity contribution is 5.69. The average Bonchev–Trinajstić information content (AvgIpc) is 2.89. The van der Waals surface area contributed by atoms with E-state index < -0.39 is 17.4 Å². The zero-order valence-corrected chi connectivity index (χ0v) is 16.3. The van der Waals surface area contributed by atoms with E-state index in [1.54, 1.807) is 11.0 Å². The maximum atomic E-state index is 12.5. The summed E-state index contributed by atoms with van der Waals surface area (Å²) in [5, 5.41) is 10.3. The van der Waals surface area contributed by atoms with Crippen LogP contribution in [0.2, 0.25) is 0 Å². The van der Waals surface area contributed by atoms with E-state index in [2.05, 4.69) is 6.58 Å². The molecule has 6 nitrogen and oxygen atoms in total. The molecule has 0 saturated carbocycles. The van der Waals surface area contributed by atoms with Gasteiger partial charge >= 0.3 is 6.09 Å². The predicted molar refractivity (Wildman–Crippen MR) is 95.2 cm³/mol. The standard InChI is InChI=1S/C19H33NO5/c1-8-9-14-16(21)12(2)15(23-14)10-13-11-20(19(6,7)24-13)17(22)25-18(3,4)5/h8,12-16,21H,1,9-11H2,2-7H3/t12-,13-,14-,15+,16+/m0/s1. The van der Waals surface area contributed by atoms with E-state index >= 15 is 0 Å². The lowest BCUT2D eigenvalue weighted by molar-refractivity contribution is -0.0894. The Hall–Kier alpha value is -1.11. The summed E-state index contributed by atoms with van der Waals surface area (Å²) in [5.41, 5.74) is -1.27. The Kier molecular flexibility index (Phi) is 5.86. The van der Waals surface area contributed by atoms with Crippen molar-refractivity contribution >= 4 is 6.09 Å². The van der Waals surface area contributed by atoms with Crippen molar-refractivity contribution in [1.29, 1.82) is 0 Å². The molecule has 0 unspecified atom stereocenters. The Balaban J connectivity index is 1.98. The number of ether oxygens (including phenoxy) is 3. The fourth-order valence-corrected chi connectivity index (χ4v) is 3.54. The lowest BCUT2D eigenvalue weighted by Gasteiger charge is -2.31. The number of hydrogen-bond donors (Lipinski definition) is 1. The van der Waals surface area contributed by atoms with Gasteiger partial charge in [-0.05, 0) is 41.0 Å². The molecule has 0 aromatic rings. The van der Waals surface area contributed by atoms with Crippen molar-refractivity contribution in [2.75, 3.05) is 6.54 Å². The largest absolute Gasteiger partial charge is 0.444 e. The predicted octanol–water partition coefficient (Wildman–Crippen LogP) is 3.09. The molecule has 6 heteroatoms. The van der Waals surface area contributed by atoms with E-state index in [1.807, 2.05) is 41.5 Å². The Labute approximate surface area is 151 Å². The van der Waals surface area contributed by atoms with Crippen molar-refractivity contribution < 1.29 is 24.1 Å². The number of hydrogen-bond acceptors (Lipinski definition) is 5. The maximum Gasteiger partial charge on any atom is 0.412 e. The summed E-state index contributed by atoms with van der Waals surface area (Å²) >= 11 is 0. The zero-order valence-electron chi connectivity index (χ0n) is 16.3. The maximum absolute atomic E-state index is 12.5. The molecule has 0 radical (unpaired) electrons. The molecule has 0 bridgehead atoms. The summed E-state index contributed by atoms with van der Waals surface area (Å²) in [7, 11) is 0. The summed E-state index contributed by atoms with van der Waals surface area (Å²) in [6.45, 7) is 15.4. The Bertz CT molecular complexity index is 499. The first-order chi connectivity index (χ1) is 11.4. The van der Waals surface area contributed by atoms with E-state index in [1.165, 1.54) is 0 Å². The summed E-state index contributed by atoms with van der Waals surface area (Å²) in [6, 6.07) is 0. The number of carbonyl (C=O) groups is 1. The number of rotatable bonds is 4. The molecular formula is C19H33NO5. The van der Waals surface area contributed by atoms with Crippen LogP contribution in [0.5, 0.6) is 0 Å². The summed E-state index contributed by atoms with van der Waals surface area (Å²) in [4.78, 5) is 14.1. The third-order valence-corrected chi connectivity index (χ3v) is 4.86. The molecular weight excluding hydrogens is 322 g/mol. The van der Waals surface area contributed by atoms with Crippen LogP contribution in [-0.2, 0) is 14.2 Å². The topological polar surface area (TPSA) is 68.2 Å². The minimum absolute atomic E-state index is 0.0206. The highest BCUT2D eigenvalue weighted by Gasteiger charge is 2.47. The number of amides is 1. The van der Waals surface area contributed by atoms with Crippen LogP contribution in [0.25, 0.3) is 0 Å². The van der Waals surface area contributed by atoms with Crippen LogP contribution < -0.4 is 0 Å². The van der Waals surface area contributed by atoms with E-state index in [0.717, 1.165) is 0 Å². The lowest BCUT2D eigenvalue weighted by Crippen LogP contribution is -2.46. The van der Waals surface area contributed by atoms with Crippen LogP contribution in [0.15, 0.2) is 12.7 Å². The molecule has 2 heterocycles. The molecule has 1 amide bonds. The Morgan fingerprint density at radius 1 is 1.40 bits per heavy atom. The number of aliphatic hydroxyl groups is 1. The average molecular weight is 355 g/mol. The van der Waals surface area contributed by atoms with E-state index in [9.17, 15) is 9.90 Å². The van der Waals surface area contributed by atoms with Crippen molar-refractivity contribution in [1.82, 2.24) is 4.90 Å². The third-order valence-electron chi connectivity index (χ3n) is 4.86. The summed E-state index contributed by atoms with van der Waals surface area (Å²) < 4.78 is 17.6. The quantitative estimate of drug-likeness (QED) is 0.785. The molecule has 2 aliphatic heterocycles. The van der Waals surface area contributed by atoms with Gasteiger partial charge in [-0.1, -0.05) is 13.0 Å². The number of aliphatic hydroxyl groups excluding tert-OH is 1. The monoisotopic (exact) mass is 355 g/mol. The van der Waals surface area contributed by atoms with Crippen LogP contribution in [-0.4, -0.2) is 58.4 Å². The van der Waals surface area contributed by atoms with Crippen molar-refractivity contribution in [2.24, 2.45) is 5.92 Å². The zero-order chi connectivity index (χ0) is 19.0. The van der Waals surface area contributed by atoms with Crippen LogP contribution in [0.3, 0.4) is 0 Å². The van der Waals surface area contributed by atoms with Crippen LogP contribution in [0, 0.1) is 5.92 Å². The fraction of sp³-hybridized carbons (Fsp3) is 0.842. The molecule has 1 N–H and O–H groups in total. The Morgan fingerprint density at radius 2 is 2.04 bits per heavy atom. The highest BCUT2D eigenvalue weighted by Crippen LogP contribution is 2.36. The first kappa shape index (κ1) is 20.2. The van der Waals surface area contributed by atoms with Crippen LogP contribution in [0.4, 0.5) is 4.79 Å². The molecule has 0 aromatic carbocycles. The van der Waals surface area contributed by atoms with E-state index in [4.69, 9.17) is 14.2 Å². The normalized spacial score (nSPS) is 35.0. The molecule has 2 aliphatic rings. The van der Waals surface area contributed by atoms with Gasteiger partial charge in [-0.25, -0.2) is 4.79 Å². The van der Waals surface area contributed by atoms with Gasteiger partial charge in [0.05, 0.1) is 31.0 Å². The summed E-state index contributed by atoms with van der Waals surface area (Å²) in [6.07, 6.45) is 1.70. The molecule has 25 heavy (non-hydrogen) atoms. The third kappa shape index (κ3) is 4.74. The molecule has 0 aliphatic carbocycles. The van der Waals surface area contributed by atoms with Crippen molar-refractivity contribution in [3.63, 3.8) is 0 Å². The molecule has 2 fully saturated rings. The van der Waals surface area contributed by atoms with Gasteiger partial charge in [-0.3, -0.25) is 4.90 Å². The molecule has 2 saturated heterocycles. The van der Waals surface area contributed by atoms with Crippen molar-refractivity contribution in [2.45, 2.75) is 90.1 Å². The molecule has 0 spiro atoms. The number of nitrogens with zero attached hydrogens (tertiary/aromatic N) is 1. The van der Waals surface area contributed by atoms with Crippen LogP contribution in [0.1, 0.15) is 54.4 Å². The van der Waals surface area contributed by atoms with Gasteiger partial charge in [0.15, 0.2) is 0 Å². The molecule has 0 aromatic heterocycles. The van der Waals surface area contributed by atoms with Gasteiger partial charge in [0.2, 0.25) is 0 Å².